The first kappa shape index (κ1) is 35.4. The van der Waals surface area contributed by atoms with Crippen LogP contribution < -0.4 is 0 Å². The van der Waals surface area contributed by atoms with Gasteiger partial charge in [0, 0.05) is 38.4 Å². The molecule has 0 N–H and O–H groups in total. The quantitative estimate of drug-likeness (QED) is 0.163. The van der Waals surface area contributed by atoms with Crippen molar-refractivity contribution in [3.63, 3.8) is 0 Å². The van der Waals surface area contributed by atoms with E-state index in [1.165, 1.54) is 54.4 Å². The standard InChI is InChI=1S/C58H37N5/c1-36-32-40(39-28-29-46-44-22-9-8-20-42(44)43-21-10-11-23-45(43)51(46)35-39)34-41(33-36)62-52-26-14-12-24-47(52)49-30-31-50-48-25-13-15-27-53(48)63(55(50)54(49)62)58-60-56(37-16-4-2-5-17-37)59-57(61-58)38-18-6-3-7-19-38/h2-35H,1H3. The number of aryl methyl sites for hydroxylation is 1. The molecule has 63 heavy (non-hydrogen) atoms. The van der Waals surface area contributed by atoms with Crippen molar-refractivity contribution < 1.29 is 0 Å². The summed E-state index contributed by atoms with van der Waals surface area (Å²) in [4.78, 5) is 15.7. The summed E-state index contributed by atoms with van der Waals surface area (Å²) in [5, 5.41) is 12.2. The van der Waals surface area contributed by atoms with Gasteiger partial charge in [0.25, 0.3) is 0 Å². The minimum Gasteiger partial charge on any atom is -0.307 e. The van der Waals surface area contributed by atoms with Crippen LogP contribution in [0.5, 0.6) is 0 Å². The monoisotopic (exact) mass is 803 g/mol. The van der Waals surface area contributed by atoms with E-state index in [2.05, 4.69) is 186 Å². The van der Waals surface area contributed by atoms with Gasteiger partial charge in [-0.1, -0.05) is 176 Å². The van der Waals surface area contributed by atoms with Gasteiger partial charge in [0.05, 0.1) is 22.1 Å². The number of nitrogens with zero attached hydrogens (tertiary/aromatic N) is 5. The summed E-state index contributed by atoms with van der Waals surface area (Å²) < 4.78 is 4.72. The van der Waals surface area contributed by atoms with Crippen molar-refractivity contribution in [1.82, 2.24) is 24.1 Å². The van der Waals surface area contributed by atoms with Crippen molar-refractivity contribution in [3.8, 4) is 45.5 Å². The molecule has 0 saturated carbocycles. The van der Waals surface area contributed by atoms with E-state index in [-0.39, 0.29) is 0 Å². The van der Waals surface area contributed by atoms with Gasteiger partial charge < -0.3 is 4.57 Å². The number of hydrogen-bond acceptors (Lipinski definition) is 3. The average Bonchev–Trinajstić information content (AvgIpc) is 3.87. The van der Waals surface area contributed by atoms with Gasteiger partial charge in [-0.25, -0.2) is 4.98 Å². The second-order valence-electron chi connectivity index (χ2n) is 16.5. The fraction of sp³-hybridized carbons (Fsp3) is 0.0172. The summed E-state index contributed by atoms with van der Waals surface area (Å²) in [5.41, 5.74) is 10.8. The van der Waals surface area contributed by atoms with Gasteiger partial charge in [-0.15, -0.1) is 0 Å². The molecule has 0 fully saturated rings. The van der Waals surface area contributed by atoms with Crippen LogP contribution in [0.3, 0.4) is 0 Å². The fourth-order valence-electron chi connectivity index (χ4n) is 10.0. The lowest BCUT2D eigenvalue weighted by molar-refractivity contribution is 0.953. The summed E-state index contributed by atoms with van der Waals surface area (Å²) in [6.07, 6.45) is 0. The molecule has 0 bridgehead atoms. The third kappa shape index (κ3) is 5.46. The molecule has 5 nitrogen and oxygen atoms in total. The van der Waals surface area contributed by atoms with Crippen LogP contribution in [0.25, 0.3) is 121 Å². The van der Waals surface area contributed by atoms with E-state index in [1.54, 1.807) is 0 Å². The van der Waals surface area contributed by atoms with Crippen LogP contribution in [0.4, 0.5) is 0 Å². The molecule has 0 aliphatic carbocycles. The molecular formula is C58H37N5. The summed E-state index contributed by atoms with van der Waals surface area (Å²) in [6, 6.07) is 73.9. The van der Waals surface area contributed by atoms with Crippen LogP contribution in [0.2, 0.25) is 0 Å². The van der Waals surface area contributed by atoms with Crippen LogP contribution in [-0.4, -0.2) is 24.1 Å². The maximum absolute atomic E-state index is 5.30. The van der Waals surface area contributed by atoms with E-state index < -0.39 is 0 Å². The Labute approximate surface area is 362 Å². The predicted molar refractivity (Wildman–Crippen MR) is 262 cm³/mol. The normalized spacial score (nSPS) is 11.9. The number of fused-ring (bicyclic) bond motifs is 13. The van der Waals surface area contributed by atoms with Crippen molar-refractivity contribution in [3.05, 3.63) is 212 Å². The Hall–Kier alpha value is -8.41. The molecule has 10 aromatic carbocycles. The van der Waals surface area contributed by atoms with Gasteiger partial charge in [0.1, 0.15) is 0 Å². The molecule has 13 aromatic rings. The highest BCUT2D eigenvalue weighted by atomic mass is 15.2. The number of aromatic nitrogens is 5. The van der Waals surface area contributed by atoms with Crippen molar-refractivity contribution in [2.24, 2.45) is 0 Å². The van der Waals surface area contributed by atoms with Crippen LogP contribution in [0.15, 0.2) is 206 Å². The molecule has 3 heterocycles. The molecule has 294 valence electrons. The van der Waals surface area contributed by atoms with Crippen molar-refractivity contribution >= 4 is 75.9 Å². The Bertz CT molecular complexity index is 3880. The Morgan fingerprint density at radius 2 is 0.746 bits per heavy atom. The van der Waals surface area contributed by atoms with Gasteiger partial charge in [0.15, 0.2) is 11.6 Å². The van der Waals surface area contributed by atoms with Crippen LogP contribution in [0.1, 0.15) is 5.56 Å². The Kier molecular flexibility index (Phi) is 7.75. The molecule has 0 amide bonds. The number of para-hydroxylation sites is 2. The highest BCUT2D eigenvalue weighted by Crippen LogP contribution is 2.43. The van der Waals surface area contributed by atoms with Crippen molar-refractivity contribution in [2.45, 2.75) is 6.92 Å². The zero-order valence-electron chi connectivity index (χ0n) is 34.4. The Morgan fingerprint density at radius 3 is 1.32 bits per heavy atom. The Morgan fingerprint density at radius 1 is 0.302 bits per heavy atom. The highest BCUT2D eigenvalue weighted by molar-refractivity contribution is 6.26. The van der Waals surface area contributed by atoms with Crippen LogP contribution in [-0.2, 0) is 0 Å². The predicted octanol–water partition coefficient (Wildman–Crippen LogP) is 14.8. The van der Waals surface area contributed by atoms with Gasteiger partial charge in [-0.2, -0.15) is 9.97 Å². The third-order valence-corrected chi connectivity index (χ3v) is 12.8. The number of benzene rings is 10. The van der Waals surface area contributed by atoms with Gasteiger partial charge in [0.2, 0.25) is 5.95 Å². The summed E-state index contributed by atoms with van der Waals surface area (Å²) in [7, 11) is 0. The lowest BCUT2D eigenvalue weighted by Gasteiger charge is -2.15. The van der Waals surface area contributed by atoms with E-state index >= 15 is 0 Å². The molecule has 0 spiro atoms. The lowest BCUT2D eigenvalue weighted by atomic mass is 9.92. The number of hydrogen-bond donors (Lipinski definition) is 0. The molecule has 3 aromatic heterocycles. The maximum Gasteiger partial charge on any atom is 0.238 e. The minimum atomic E-state index is 0.569. The topological polar surface area (TPSA) is 48.5 Å². The van der Waals surface area contributed by atoms with E-state index in [1.807, 2.05) is 36.4 Å². The first-order valence-corrected chi connectivity index (χ1v) is 21.4. The smallest absolute Gasteiger partial charge is 0.238 e. The fourth-order valence-corrected chi connectivity index (χ4v) is 10.0. The van der Waals surface area contributed by atoms with Crippen LogP contribution >= 0.6 is 0 Å². The molecule has 0 atom stereocenters. The third-order valence-electron chi connectivity index (χ3n) is 12.8. The number of rotatable bonds is 5. The van der Waals surface area contributed by atoms with Gasteiger partial charge in [-0.3, -0.25) is 4.57 Å². The molecule has 0 unspecified atom stereocenters. The molecule has 0 radical (unpaired) electrons. The Balaban J connectivity index is 1.11. The molecule has 0 aliphatic heterocycles. The van der Waals surface area contributed by atoms with Crippen LogP contribution in [0, 0.1) is 6.92 Å². The van der Waals surface area contributed by atoms with E-state index in [0.29, 0.717) is 17.6 Å². The summed E-state index contributed by atoms with van der Waals surface area (Å²) >= 11 is 0. The first-order valence-electron chi connectivity index (χ1n) is 21.4. The highest BCUT2D eigenvalue weighted by Gasteiger charge is 2.24. The van der Waals surface area contributed by atoms with E-state index in [4.69, 9.17) is 15.0 Å². The lowest BCUT2D eigenvalue weighted by Crippen LogP contribution is -2.07. The van der Waals surface area contributed by atoms with Gasteiger partial charge >= 0.3 is 0 Å². The zero-order valence-corrected chi connectivity index (χ0v) is 34.4. The summed E-state index contributed by atoms with van der Waals surface area (Å²) in [6.45, 7) is 2.21. The molecule has 0 aliphatic rings. The second kappa shape index (κ2) is 13.8. The molecule has 13 rings (SSSR count). The SMILES string of the molecule is Cc1cc(-c2ccc3c4ccccc4c4ccccc4c3c2)cc(-n2c3ccccc3c3ccc4c5ccccc5n(-c5nc(-c6ccccc6)nc(-c6ccccc6)n5)c4c32)c1. The second-order valence-corrected chi connectivity index (χ2v) is 16.5. The summed E-state index contributed by atoms with van der Waals surface area (Å²) in [5.74, 6) is 1.81. The largest absolute Gasteiger partial charge is 0.307 e. The van der Waals surface area contributed by atoms with Gasteiger partial charge in [-0.05, 0) is 86.3 Å². The molecule has 0 saturated heterocycles. The molecular weight excluding hydrogens is 767 g/mol. The maximum atomic E-state index is 5.30. The van der Waals surface area contributed by atoms with Crippen molar-refractivity contribution in [2.75, 3.05) is 0 Å². The minimum absolute atomic E-state index is 0.569. The average molecular weight is 804 g/mol. The first-order chi connectivity index (χ1) is 31.2. The van der Waals surface area contributed by atoms with E-state index in [9.17, 15) is 0 Å². The van der Waals surface area contributed by atoms with E-state index in [0.717, 1.165) is 55.0 Å². The zero-order chi connectivity index (χ0) is 41.6. The molecule has 5 heteroatoms. The van der Waals surface area contributed by atoms with Crippen molar-refractivity contribution in [1.29, 1.82) is 0 Å².